The average Bonchev–Trinajstić information content (AvgIpc) is 3.36. The van der Waals surface area contributed by atoms with Crippen LogP contribution < -0.4 is 14.8 Å². The maximum Gasteiger partial charge on any atom is 0.214 e. The average molecular weight is 558 g/mol. The summed E-state index contributed by atoms with van der Waals surface area (Å²) < 4.78 is 28.2. The second kappa shape index (κ2) is 12.7. The molecular formula is C25H25BrFN5O2S. The van der Waals surface area contributed by atoms with Gasteiger partial charge in [0.15, 0.2) is 11.5 Å². The van der Waals surface area contributed by atoms with Crippen LogP contribution in [0.5, 0.6) is 11.5 Å². The van der Waals surface area contributed by atoms with Crippen molar-refractivity contribution in [1.29, 1.82) is 0 Å². The zero-order valence-electron chi connectivity index (χ0n) is 19.2. The summed E-state index contributed by atoms with van der Waals surface area (Å²) in [7, 11) is 1.59. The molecule has 0 atom stereocenters. The lowest BCUT2D eigenvalue weighted by Gasteiger charge is -2.17. The number of methoxy groups -OCH3 is 1. The van der Waals surface area contributed by atoms with Gasteiger partial charge in [0.1, 0.15) is 12.4 Å². The first kappa shape index (κ1) is 25.2. The minimum absolute atomic E-state index is 0.110. The van der Waals surface area contributed by atoms with Crippen LogP contribution in [0.4, 0.5) is 4.39 Å². The van der Waals surface area contributed by atoms with Crippen LogP contribution >= 0.6 is 27.7 Å². The quantitative estimate of drug-likeness (QED) is 0.184. The van der Waals surface area contributed by atoms with E-state index >= 15 is 0 Å². The molecule has 0 fully saturated rings. The Morgan fingerprint density at radius 3 is 2.66 bits per heavy atom. The van der Waals surface area contributed by atoms with Gasteiger partial charge in [-0.25, -0.2) is 4.39 Å². The van der Waals surface area contributed by atoms with Crippen molar-refractivity contribution in [3.05, 3.63) is 88.1 Å². The van der Waals surface area contributed by atoms with E-state index in [4.69, 9.17) is 9.47 Å². The third-order valence-corrected chi connectivity index (χ3v) is 6.94. The van der Waals surface area contributed by atoms with E-state index in [0.29, 0.717) is 23.6 Å². The van der Waals surface area contributed by atoms with Gasteiger partial charge < -0.3 is 14.8 Å². The number of benzene rings is 3. The topological polar surface area (TPSA) is 74.1 Å². The molecule has 10 heteroatoms. The van der Waals surface area contributed by atoms with E-state index in [9.17, 15) is 4.39 Å². The number of nitrogens with one attached hydrogen (secondary N) is 1. The van der Waals surface area contributed by atoms with Gasteiger partial charge in [-0.3, -0.25) is 0 Å². The monoisotopic (exact) mass is 557 g/mol. The van der Waals surface area contributed by atoms with Gasteiger partial charge >= 0.3 is 0 Å². The van der Waals surface area contributed by atoms with E-state index in [1.807, 2.05) is 42.5 Å². The zero-order chi connectivity index (χ0) is 24.5. The van der Waals surface area contributed by atoms with Crippen molar-refractivity contribution in [2.45, 2.75) is 24.7 Å². The van der Waals surface area contributed by atoms with E-state index in [0.717, 1.165) is 39.6 Å². The van der Waals surface area contributed by atoms with Crippen LogP contribution in [0, 0.1) is 5.82 Å². The van der Waals surface area contributed by atoms with Crippen LogP contribution in [0.15, 0.2) is 76.4 Å². The molecule has 1 heterocycles. The molecule has 1 aromatic heterocycles. The third-order valence-electron chi connectivity index (χ3n) is 5.19. The molecule has 0 aliphatic carbocycles. The molecule has 0 spiro atoms. The minimum atomic E-state index is -0.295. The van der Waals surface area contributed by atoms with Crippen molar-refractivity contribution in [3.63, 3.8) is 0 Å². The standard InChI is InChI=1S/C25H25BrFN5O2S/c1-33-23-13-12-21(26)20(24(23)34-17-18-8-5-6-11-22(18)27)16-28-14-7-15-35-25-29-30-31-32(25)19-9-3-2-4-10-19/h2-6,8-13,28H,7,14-17H2,1H3. The van der Waals surface area contributed by atoms with Crippen molar-refractivity contribution in [3.8, 4) is 17.2 Å². The fourth-order valence-electron chi connectivity index (χ4n) is 3.41. The lowest BCUT2D eigenvalue weighted by molar-refractivity contribution is 0.275. The zero-order valence-corrected chi connectivity index (χ0v) is 21.6. The fourth-order valence-corrected chi connectivity index (χ4v) is 4.69. The summed E-state index contributed by atoms with van der Waals surface area (Å²) in [6.07, 6.45) is 0.916. The molecule has 35 heavy (non-hydrogen) atoms. The van der Waals surface area contributed by atoms with Crippen LogP contribution in [0.25, 0.3) is 5.69 Å². The number of rotatable bonds is 12. The van der Waals surface area contributed by atoms with Crippen molar-refractivity contribution in [1.82, 2.24) is 25.5 Å². The number of aromatic nitrogens is 4. The first-order valence-electron chi connectivity index (χ1n) is 11.1. The van der Waals surface area contributed by atoms with Crippen LogP contribution in [-0.2, 0) is 13.2 Å². The lowest BCUT2D eigenvalue weighted by atomic mass is 10.1. The number of ether oxygens (including phenoxy) is 2. The third kappa shape index (κ3) is 6.59. The predicted molar refractivity (Wildman–Crippen MR) is 138 cm³/mol. The summed E-state index contributed by atoms with van der Waals surface area (Å²) in [6, 6.07) is 20.2. The van der Waals surface area contributed by atoms with Crippen molar-refractivity contribution < 1.29 is 13.9 Å². The van der Waals surface area contributed by atoms with Crippen LogP contribution in [0.2, 0.25) is 0 Å². The van der Waals surface area contributed by atoms with Gasteiger partial charge in [0.2, 0.25) is 5.16 Å². The molecule has 0 saturated heterocycles. The maximum atomic E-state index is 14.1. The highest BCUT2D eigenvalue weighted by atomic mass is 79.9. The smallest absolute Gasteiger partial charge is 0.214 e. The van der Waals surface area contributed by atoms with E-state index in [2.05, 4.69) is 36.8 Å². The minimum Gasteiger partial charge on any atom is -0.493 e. The highest BCUT2D eigenvalue weighted by Gasteiger charge is 2.16. The van der Waals surface area contributed by atoms with Gasteiger partial charge in [-0.1, -0.05) is 64.1 Å². The fraction of sp³-hybridized carbons (Fsp3) is 0.240. The first-order valence-corrected chi connectivity index (χ1v) is 12.8. The van der Waals surface area contributed by atoms with Gasteiger partial charge in [0.05, 0.1) is 12.8 Å². The normalized spacial score (nSPS) is 10.9. The van der Waals surface area contributed by atoms with Crippen LogP contribution in [-0.4, -0.2) is 39.6 Å². The molecule has 0 unspecified atom stereocenters. The molecule has 0 saturated carbocycles. The Morgan fingerprint density at radius 1 is 1.06 bits per heavy atom. The van der Waals surface area contributed by atoms with Crippen LogP contribution in [0.3, 0.4) is 0 Å². The number of nitrogens with zero attached hydrogens (tertiary/aromatic N) is 4. The Kier molecular flexibility index (Phi) is 9.10. The van der Waals surface area contributed by atoms with Crippen molar-refractivity contribution >= 4 is 27.7 Å². The summed E-state index contributed by atoms with van der Waals surface area (Å²) >= 11 is 5.22. The Labute approximate surface area is 216 Å². The molecule has 3 aromatic carbocycles. The molecule has 0 radical (unpaired) electrons. The number of para-hydroxylation sites is 1. The van der Waals surface area contributed by atoms with Crippen molar-refractivity contribution in [2.75, 3.05) is 19.4 Å². The van der Waals surface area contributed by atoms with Gasteiger partial charge in [0.25, 0.3) is 0 Å². The predicted octanol–water partition coefficient (Wildman–Crippen LogP) is 5.42. The van der Waals surface area contributed by atoms with Gasteiger partial charge in [-0.2, -0.15) is 4.68 Å². The molecule has 1 N–H and O–H groups in total. The highest BCUT2D eigenvalue weighted by molar-refractivity contribution is 9.10. The van der Waals surface area contributed by atoms with E-state index in [-0.39, 0.29) is 12.4 Å². The van der Waals surface area contributed by atoms with E-state index in [1.165, 1.54) is 6.07 Å². The maximum absolute atomic E-state index is 14.1. The molecule has 7 nitrogen and oxygen atoms in total. The number of hydrogen-bond acceptors (Lipinski definition) is 7. The summed E-state index contributed by atoms with van der Waals surface area (Å²) in [5.74, 6) is 1.76. The number of hydrogen-bond donors (Lipinski definition) is 1. The van der Waals surface area contributed by atoms with Gasteiger partial charge in [0, 0.05) is 27.9 Å². The Bertz CT molecular complexity index is 1240. The Morgan fingerprint density at radius 2 is 1.86 bits per heavy atom. The van der Waals surface area contributed by atoms with Gasteiger partial charge in [-0.05, 0) is 53.7 Å². The van der Waals surface area contributed by atoms with Gasteiger partial charge in [-0.15, -0.1) is 5.10 Å². The lowest BCUT2D eigenvalue weighted by Crippen LogP contribution is -2.17. The van der Waals surface area contributed by atoms with E-state index < -0.39 is 0 Å². The van der Waals surface area contributed by atoms with Crippen molar-refractivity contribution in [2.24, 2.45) is 0 Å². The second-order valence-electron chi connectivity index (χ2n) is 7.53. The molecule has 4 aromatic rings. The number of thioether (sulfide) groups is 1. The summed E-state index contributed by atoms with van der Waals surface area (Å²) in [5.41, 5.74) is 2.34. The molecule has 0 aliphatic rings. The first-order chi connectivity index (χ1) is 17.2. The second-order valence-corrected chi connectivity index (χ2v) is 9.44. The van der Waals surface area contributed by atoms with Crippen LogP contribution in [0.1, 0.15) is 17.5 Å². The Hall–Kier alpha value is -2.95. The SMILES string of the molecule is COc1ccc(Br)c(CNCCCSc2nnnn2-c2ccccc2)c1OCc1ccccc1F. The Balaban J connectivity index is 1.31. The number of halogens is 2. The summed E-state index contributed by atoms with van der Waals surface area (Å²) in [6.45, 7) is 1.46. The highest BCUT2D eigenvalue weighted by Crippen LogP contribution is 2.37. The number of tetrazole rings is 1. The molecular weight excluding hydrogens is 533 g/mol. The summed E-state index contributed by atoms with van der Waals surface area (Å²) in [5, 5.41) is 16.2. The molecule has 0 aliphatic heterocycles. The summed E-state index contributed by atoms with van der Waals surface area (Å²) in [4.78, 5) is 0. The van der Waals surface area contributed by atoms with E-state index in [1.54, 1.807) is 41.8 Å². The molecule has 0 bridgehead atoms. The largest absolute Gasteiger partial charge is 0.493 e. The molecule has 182 valence electrons. The molecule has 4 rings (SSSR count). The molecule has 0 amide bonds.